The Labute approximate surface area is 161 Å². The molecule has 3 N–H and O–H groups in total. The molecule has 0 aromatic heterocycles. The topological polar surface area (TPSA) is 75.4 Å². The zero-order chi connectivity index (χ0) is 18.9. The van der Waals surface area contributed by atoms with Crippen LogP contribution in [0.3, 0.4) is 0 Å². The highest BCUT2D eigenvalue weighted by Gasteiger charge is 2.22. The molecule has 0 bridgehead atoms. The SMILES string of the molecule is CC(C)CCSCC(=O)Nc1cccc(CN2CCC(C(N)=O)CC2)c1. The predicted molar refractivity (Wildman–Crippen MR) is 109 cm³/mol. The molecule has 2 amide bonds. The fraction of sp³-hybridized carbons (Fsp3) is 0.600. The Bertz CT molecular complexity index is 598. The van der Waals surface area contributed by atoms with Gasteiger partial charge in [-0.15, -0.1) is 0 Å². The minimum atomic E-state index is -0.180. The van der Waals surface area contributed by atoms with Crippen LogP contribution < -0.4 is 11.1 Å². The average Bonchev–Trinajstić information content (AvgIpc) is 2.59. The van der Waals surface area contributed by atoms with Gasteiger partial charge in [0.15, 0.2) is 0 Å². The molecule has 0 atom stereocenters. The van der Waals surface area contributed by atoms with Gasteiger partial charge in [0.05, 0.1) is 5.75 Å². The molecule has 26 heavy (non-hydrogen) atoms. The molecule has 0 spiro atoms. The molecule has 1 heterocycles. The van der Waals surface area contributed by atoms with Crippen LogP contribution in [0.1, 0.15) is 38.7 Å². The first-order chi connectivity index (χ1) is 12.4. The van der Waals surface area contributed by atoms with Crippen molar-refractivity contribution in [3.8, 4) is 0 Å². The molecular weight excluding hydrogens is 346 g/mol. The van der Waals surface area contributed by atoms with Gasteiger partial charge >= 0.3 is 0 Å². The van der Waals surface area contributed by atoms with Gasteiger partial charge in [0.25, 0.3) is 0 Å². The molecule has 0 radical (unpaired) electrons. The van der Waals surface area contributed by atoms with Crippen LogP contribution in [0.2, 0.25) is 0 Å². The number of nitrogens with one attached hydrogen (secondary N) is 1. The highest BCUT2D eigenvalue weighted by Crippen LogP contribution is 2.20. The molecule has 6 heteroatoms. The maximum Gasteiger partial charge on any atom is 0.234 e. The zero-order valence-electron chi connectivity index (χ0n) is 15.9. The number of likely N-dealkylation sites (tertiary alicyclic amines) is 1. The Balaban J connectivity index is 1.77. The normalized spacial score (nSPS) is 16.0. The summed E-state index contributed by atoms with van der Waals surface area (Å²) < 4.78 is 0. The summed E-state index contributed by atoms with van der Waals surface area (Å²) in [4.78, 5) is 25.7. The third-order valence-corrected chi connectivity index (χ3v) is 5.67. The van der Waals surface area contributed by atoms with Gasteiger partial charge in [-0.3, -0.25) is 14.5 Å². The number of nitrogens with zero attached hydrogens (tertiary/aromatic N) is 1. The van der Waals surface area contributed by atoms with Gasteiger partial charge in [-0.05, 0) is 61.7 Å². The van der Waals surface area contributed by atoms with Crippen LogP contribution in [0.15, 0.2) is 24.3 Å². The van der Waals surface area contributed by atoms with Crippen molar-refractivity contribution in [1.29, 1.82) is 0 Å². The van der Waals surface area contributed by atoms with Crippen molar-refractivity contribution in [2.24, 2.45) is 17.6 Å². The number of benzene rings is 1. The van der Waals surface area contributed by atoms with E-state index >= 15 is 0 Å². The molecule has 1 aromatic rings. The summed E-state index contributed by atoms with van der Waals surface area (Å²) in [5, 5.41) is 2.99. The number of rotatable bonds is 9. The number of piperidine rings is 1. The summed E-state index contributed by atoms with van der Waals surface area (Å²) in [5.41, 5.74) is 7.42. The lowest BCUT2D eigenvalue weighted by molar-refractivity contribution is -0.123. The third-order valence-electron chi connectivity index (χ3n) is 4.68. The van der Waals surface area contributed by atoms with E-state index in [2.05, 4.69) is 30.1 Å². The van der Waals surface area contributed by atoms with Gasteiger partial charge in [0, 0.05) is 18.2 Å². The Morgan fingerprint density at radius 2 is 2.04 bits per heavy atom. The molecule has 0 saturated carbocycles. The molecule has 1 saturated heterocycles. The maximum atomic E-state index is 12.1. The fourth-order valence-electron chi connectivity index (χ4n) is 3.06. The Morgan fingerprint density at radius 3 is 2.69 bits per heavy atom. The number of primary amides is 1. The Kier molecular flexibility index (Phi) is 8.45. The van der Waals surface area contributed by atoms with Crippen molar-refractivity contribution in [2.45, 2.75) is 39.7 Å². The van der Waals surface area contributed by atoms with E-state index in [4.69, 9.17) is 5.73 Å². The number of carbonyl (C=O) groups excluding carboxylic acids is 2. The summed E-state index contributed by atoms with van der Waals surface area (Å²) >= 11 is 1.69. The smallest absolute Gasteiger partial charge is 0.234 e. The summed E-state index contributed by atoms with van der Waals surface area (Å²) in [6, 6.07) is 8.02. The summed E-state index contributed by atoms with van der Waals surface area (Å²) in [6.07, 6.45) is 2.80. The number of anilines is 1. The van der Waals surface area contributed by atoms with Gasteiger partial charge in [-0.2, -0.15) is 11.8 Å². The number of thioether (sulfide) groups is 1. The predicted octanol–water partition coefficient (Wildman–Crippen LogP) is 3.10. The maximum absolute atomic E-state index is 12.1. The lowest BCUT2D eigenvalue weighted by Gasteiger charge is -2.30. The highest BCUT2D eigenvalue weighted by atomic mass is 32.2. The van der Waals surface area contributed by atoms with Crippen molar-refractivity contribution >= 4 is 29.3 Å². The number of hydrogen-bond donors (Lipinski definition) is 2. The quantitative estimate of drug-likeness (QED) is 0.649. The van der Waals surface area contributed by atoms with Gasteiger partial charge < -0.3 is 11.1 Å². The van der Waals surface area contributed by atoms with Gasteiger partial charge in [-0.25, -0.2) is 0 Å². The second kappa shape index (κ2) is 10.6. The average molecular weight is 378 g/mol. The van der Waals surface area contributed by atoms with Crippen molar-refractivity contribution in [2.75, 3.05) is 29.9 Å². The second-order valence-electron chi connectivity index (χ2n) is 7.44. The molecular formula is C20H31N3O2S. The van der Waals surface area contributed by atoms with E-state index in [1.807, 2.05) is 18.2 Å². The molecule has 0 unspecified atom stereocenters. The Hall–Kier alpha value is -1.53. The lowest BCUT2D eigenvalue weighted by Crippen LogP contribution is -2.38. The van der Waals surface area contributed by atoms with E-state index in [9.17, 15) is 9.59 Å². The standard InChI is InChI=1S/C20H31N3O2S/c1-15(2)8-11-26-14-19(24)22-18-5-3-4-16(12-18)13-23-9-6-17(7-10-23)20(21)25/h3-5,12,15,17H,6-11,13-14H2,1-2H3,(H2,21,25)(H,22,24). The number of amides is 2. The van der Waals surface area contributed by atoms with E-state index in [0.717, 1.165) is 50.3 Å². The summed E-state index contributed by atoms with van der Waals surface area (Å²) in [6.45, 7) is 7.00. The molecule has 0 aliphatic carbocycles. The molecule has 1 aliphatic rings. The molecule has 5 nitrogen and oxygen atoms in total. The third kappa shape index (κ3) is 7.38. The first-order valence-electron chi connectivity index (χ1n) is 9.42. The molecule has 2 rings (SSSR count). The van der Waals surface area contributed by atoms with Crippen molar-refractivity contribution in [1.82, 2.24) is 4.90 Å². The minimum Gasteiger partial charge on any atom is -0.369 e. The van der Waals surface area contributed by atoms with Crippen molar-refractivity contribution < 1.29 is 9.59 Å². The van der Waals surface area contributed by atoms with Crippen molar-refractivity contribution in [3.63, 3.8) is 0 Å². The van der Waals surface area contributed by atoms with E-state index in [1.165, 1.54) is 5.56 Å². The summed E-state index contributed by atoms with van der Waals surface area (Å²) in [7, 11) is 0. The van der Waals surface area contributed by atoms with E-state index < -0.39 is 0 Å². The van der Waals surface area contributed by atoms with Gasteiger partial charge in [0.1, 0.15) is 0 Å². The molecule has 144 valence electrons. The zero-order valence-corrected chi connectivity index (χ0v) is 16.7. The number of carbonyl (C=O) groups is 2. The van der Waals surface area contributed by atoms with E-state index in [-0.39, 0.29) is 17.7 Å². The van der Waals surface area contributed by atoms with Crippen LogP contribution >= 0.6 is 11.8 Å². The molecule has 1 aliphatic heterocycles. The minimum absolute atomic E-state index is 0.0186. The van der Waals surface area contributed by atoms with E-state index in [1.54, 1.807) is 11.8 Å². The first-order valence-corrected chi connectivity index (χ1v) is 10.6. The largest absolute Gasteiger partial charge is 0.369 e. The first kappa shape index (κ1) is 20.8. The van der Waals surface area contributed by atoms with Crippen LogP contribution in [-0.4, -0.2) is 41.3 Å². The van der Waals surface area contributed by atoms with Crippen molar-refractivity contribution in [3.05, 3.63) is 29.8 Å². The lowest BCUT2D eigenvalue weighted by atomic mass is 9.96. The molecule has 1 aromatic carbocycles. The van der Waals surface area contributed by atoms with Crippen LogP contribution in [0.25, 0.3) is 0 Å². The Morgan fingerprint density at radius 1 is 1.31 bits per heavy atom. The molecule has 1 fully saturated rings. The van der Waals surface area contributed by atoms with E-state index in [0.29, 0.717) is 11.7 Å². The number of nitrogens with two attached hydrogens (primary N) is 1. The monoisotopic (exact) mass is 377 g/mol. The van der Waals surface area contributed by atoms with Crippen LogP contribution in [0.5, 0.6) is 0 Å². The van der Waals surface area contributed by atoms with Crippen LogP contribution in [0, 0.1) is 11.8 Å². The van der Waals surface area contributed by atoms with Gasteiger partial charge in [0.2, 0.25) is 11.8 Å². The fourth-order valence-corrected chi connectivity index (χ4v) is 4.10. The van der Waals surface area contributed by atoms with Crippen LogP contribution in [0.4, 0.5) is 5.69 Å². The van der Waals surface area contributed by atoms with Gasteiger partial charge in [-0.1, -0.05) is 26.0 Å². The van der Waals surface area contributed by atoms with Crippen LogP contribution in [-0.2, 0) is 16.1 Å². The number of hydrogen-bond acceptors (Lipinski definition) is 4. The highest BCUT2D eigenvalue weighted by molar-refractivity contribution is 7.99. The summed E-state index contributed by atoms with van der Waals surface area (Å²) in [5.74, 6) is 2.09. The second-order valence-corrected chi connectivity index (χ2v) is 8.54.